The van der Waals surface area contributed by atoms with Crippen LogP contribution in [-0.2, 0) is 19.4 Å². The molecule has 0 spiro atoms. The fraction of sp³-hybridized carbons (Fsp3) is 0.857. The highest BCUT2D eigenvalue weighted by Gasteiger charge is 2.37. The summed E-state index contributed by atoms with van der Waals surface area (Å²) in [4.78, 5) is 10.7. The summed E-state index contributed by atoms with van der Waals surface area (Å²) in [5, 5.41) is 36.3. The van der Waals surface area contributed by atoms with Crippen LogP contribution in [0.25, 0.3) is 0 Å². The zero-order valence-electron chi connectivity index (χ0n) is 8.79. The Morgan fingerprint density at radius 1 is 1.29 bits per heavy atom. The van der Waals surface area contributed by atoms with Gasteiger partial charge in [0, 0.05) is 0 Å². The number of hydrogen-bond donors (Lipinski definition) is 5. The van der Waals surface area contributed by atoms with Gasteiger partial charge in [0.1, 0.15) is 24.4 Å². The summed E-state index contributed by atoms with van der Waals surface area (Å²) in [6, 6.07) is 0. The molecule has 0 bridgehead atoms. The third-order valence-corrected chi connectivity index (χ3v) is 2.34. The van der Waals surface area contributed by atoms with Gasteiger partial charge in [0.05, 0.1) is 6.61 Å². The van der Waals surface area contributed by atoms with Gasteiger partial charge in [-0.25, -0.2) is 4.18 Å². The van der Waals surface area contributed by atoms with Crippen molar-refractivity contribution in [1.29, 1.82) is 0 Å². The lowest BCUT2D eigenvalue weighted by Crippen LogP contribution is -2.50. The Morgan fingerprint density at radius 2 is 1.76 bits per heavy atom. The predicted molar refractivity (Wildman–Crippen MR) is 52.2 cm³/mol. The molecule has 0 aromatic carbocycles. The van der Waals surface area contributed by atoms with Crippen molar-refractivity contribution in [2.45, 2.75) is 31.3 Å². The first-order valence-corrected chi connectivity index (χ1v) is 5.78. The largest absolute Gasteiger partial charge is 0.397 e. The third kappa shape index (κ3) is 5.50. The van der Waals surface area contributed by atoms with E-state index in [1.54, 1.807) is 0 Å². The Hall–Kier alpha value is -0.620. The lowest BCUT2D eigenvalue weighted by atomic mass is 10.0. The van der Waals surface area contributed by atoms with Crippen LogP contribution in [0, 0.1) is 0 Å². The SMILES string of the molecule is CC(=O)[C@H](O)[C@@H](O)[C@@H](OS(=O)(=O)O)[C@H](O)CO. The molecule has 0 radical (unpaired) electrons. The van der Waals surface area contributed by atoms with Gasteiger partial charge in [-0.05, 0) is 6.92 Å². The second-order valence-electron chi connectivity index (χ2n) is 3.28. The van der Waals surface area contributed by atoms with Gasteiger partial charge in [0.15, 0.2) is 5.78 Å². The number of carbonyl (C=O) groups excluding carboxylic acids is 1. The molecule has 0 amide bonds. The van der Waals surface area contributed by atoms with Crippen molar-refractivity contribution in [2.75, 3.05) is 6.61 Å². The molecule has 10 heteroatoms. The molecule has 0 aliphatic heterocycles. The summed E-state index contributed by atoms with van der Waals surface area (Å²) in [7, 11) is -5.04. The van der Waals surface area contributed by atoms with E-state index in [0.717, 1.165) is 6.92 Å². The van der Waals surface area contributed by atoms with Gasteiger partial charge in [-0.3, -0.25) is 9.35 Å². The van der Waals surface area contributed by atoms with Gasteiger partial charge in [-0.2, -0.15) is 8.42 Å². The zero-order chi connectivity index (χ0) is 13.8. The van der Waals surface area contributed by atoms with Crippen LogP contribution < -0.4 is 0 Å². The molecule has 0 aliphatic rings. The van der Waals surface area contributed by atoms with Crippen LogP contribution in [0.1, 0.15) is 6.92 Å². The maximum atomic E-state index is 10.7. The monoisotopic (exact) mass is 274 g/mol. The standard InChI is InChI=1S/C7H14O9S/c1-3(9)5(11)6(12)7(4(10)2-8)16-17(13,14)15/h4-8,10-12H,2H2,1H3,(H,13,14,15)/t4-,5+,6-,7+/m1/s1. The van der Waals surface area contributed by atoms with Crippen LogP contribution in [0.3, 0.4) is 0 Å². The summed E-state index contributed by atoms with van der Waals surface area (Å²) in [6.07, 6.45) is -8.14. The topological polar surface area (TPSA) is 162 Å². The van der Waals surface area contributed by atoms with Crippen LogP contribution in [0.5, 0.6) is 0 Å². The average Bonchev–Trinajstić information content (AvgIpc) is 2.21. The minimum absolute atomic E-state index is 0.906. The number of ketones is 1. The Labute approximate surface area is 97.2 Å². The van der Waals surface area contributed by atoms with Crippen LogP contribution in [0.4, 0.5) is 0 Å². The lowest BCUT2D eigenvalue weighted by Gasteiger charge is -2.26. The second kappa shape index (κ2) is 6.35. The molecular weight excluding hydrogens is 260 g/mol. The van der Waals surface area contributed by atoms with Crippen molar-refractivity contribution in [2.24, 2.45) is 0 Å². The molecule has 0 fully saturated rings. The van der Waals surface area contributed by atoms with E-state index >= 15 is 0 Å². The van der Waals surface area contributed by atoms with Crippen molar-refractivity contribution in [3.8, 4) is 0 Å². The van der Waals surface area contributed by atoms with Gasteiger partial charge in [0.25, 0.3) is 0 Å². The summed E-state index contributed by atoms with van der Waals surface area (Å²) >= 11 is 0. The molecule has 0 heterocycles. The molecule has 5 N–H and O–H groups in total. The Balaban J connectivity index is 4.98. The number of aliphatic hydroxyl groups excluding tert-OH is 4. The summed E-state index contributed by atoms with van der Waals surface area (Å²) in [5.74, 6) is -0.911. The van der Waals surface area contributed by atoms with E-state index in [0.29, 0.717) is 0 Å². The molecule has 0 aromatic rings. The van der Waals surface area contributed by atoms with E-state index < -0.39 is 47.2 Å². The van der Waals surface area contributed by atoms with E-state index in [1.165, 1.54) is 0 Å². The summed E-state index contributed by atoms with van der Waals surface area (Å²) in [6.45, 7) is -0.106. The van der Waals surface area contributed by atoms with Gasteiger partial charge >= 0.3 is 10.4 Å². The first-order chi connectivity index (χ1) is 7.60. The van der Waals surface area contributed by atoms with E-state index in [9.17, 15) is 18.3 Å². The predicted octanol–water partition coefficient (Wildman–Crippen LogP) is -3.16. The van der Waals surface area contributed by atoms with Crippen molar-refractivity contribution in [3.05, 3.63) is 0 Å². The number of Topliss-reactive ketones (excluding diaryl/α,β-unsaturated/α-hetero) is 1. The highest BCUT2D eigenvalue weighted by Crippen LogP contribution is 2.12. The first kappa shape index (κ1) is 16.4. The number of hydrogen-bond acceptors (Lipinski definition) is 8. The van der Waals surface area contributed by atoms with Crippen molar-refractivity contribution < 1.29 is 42.4 Å². The molecule has 9 nitrogen and oxygen atoms in total. The van der Waals surface area contributed by atoms with Gasteiger partial charge < -0.3 is 20.4 Å². The molecular formula is C7H14O9S. The summed E-state index contributed by atoms with van der Waals surface area (Å²) < 4.78 is 33.1. The molecule has 0 unspecified atom stereocenters. The molecule has 0 rings (SSSR count). The second-order valence-corrected chi connectivity index (χ2v) is 4.33. The van der Waals surface area contributed by atoms with E-state index in [4.69, 9.17) is 19.9 Å². The molecule has 0 aromatic heterocycles. The smallest absolute Gasteiger partial charge is 0.394 e. The number of aliphatic hydroxyl groups is 4. The number of rotatable bonds is 7. The quantitative estimate of drug-likeness (QED) is 0.301. The molecule has 0 saturated carbocycles. The zero-order valence-corrected chi connectivity index (χ0v) is 9.61. The van der Waals surface area contributed by atoms with Crippen LogP contribution in [0.2, 0.25) is 0 Å². The van der Waals surface area contributed by atoms with E-state index in [1.807, 2.05) is 0 Å². The van der Waals surface area contributed by atoms with Crippen LogP contribution in [-0.4, -0.2) is 70.2 Å². The molecule has 0 aliphatic carbocycles. The van der Waals surface area contributed by atoms with Crippen LogP contribution >= 0.6 is 0 Å². The molecule has 17 heavy (non-hydrogen) atoms. The van der Waals surface area contributed by atoms with Gasteiger partial charge in [-0.15, -0.1) is 0 Å². The van der Waals surface area contributed by atoms with Crippen LogP contribution in [0.15, 0.2) is 0 Å². The fourth-order valence-electron chi connectivity index (χ4n) is 1.01. The van der Waals surface area contributed by atoms with Crippen molar-refractivity contribution in [3.63, 3.8) is 0 Å². The fourth-order valence-corrected chi connectivity index (χ4v) is 1.54. The van der Waals surface area contributed by atoms with E-state index in [2.05, 4.69) is 4.18 Å². The van der Waals surface area contributed by atoms with Crippen molar-refractivity contribution in [1.82, 2.24) is 0 Å². The molecule has 0 saturated heterocycles. The number of carbonyl (C=O) groups is 1. The Morgan fingerprint density at radius 3 is 2.06 bits per heavy atom. The normalized spacial score (nSPS) is 19.4. The maximum absolute atomic E-state index is 10.7. The minimum atomic E-state index is -5.04. The third-order valence-electron chi connectivity index (χ3n) is 1.88. The maximum Gasteiger partial charge on any atom is 0.397 e. The summed E-state index contributed by atoms with van der Waals surface area (Å²) in [5.41, 5.74) is 0. The Kier molecular flexibility index (Phi) is 6.12. The van der Waals surface area contributed by atoms with Gasteiger partial charge in [0.2, 0.25) is 0 Å². The average molecular weight is 274 g/mol. The molecule has 4 atom stereocenters. The van der Waals surface area contributed by atoms with Gasteiger partial charge in [-0.1, -0.05) is 0 Å². The van der Waals surface area contributed by atoms with E-state index in [-0.39, 0.29) is 0 Å². The first-order valence-electron chi connectivity index (χ1n) is 4.41. The molecule has 102 valence electrons. The van der Waals surface area contributed by atoms with Crippen molar-refractivity contribution >= 4 is 16.2 Å². The minimum Gasteiger partial charge on any atom is -0.394 e. The highest BCUT2D eigenvalue weighted by atomic mass is 32.3. The Bertz CT molecular complexity index is 350. The highest BCUT2D eigenvalue weighted by molar-refractivity contribution is 7.80. The lowest BCUT2D eigenvalue weighted by molar-refractivity contribution is -0.142.